The van der Waals surface area contributed by atoms with E-state index < -0.39 is 19.9 Å². The minimum absolute atomic E-state index is 0.0552. The third-order valence-electron chi connectivity index (χ3n) is 5.52. The number of anilines is 1. The van der Waals surface area contributed by atoms with Crippen LogP contribution < -0.4 is 4.90 Å². The molecule has 11 heteroatoms. The molecule has 0 radical (unpaired) electrons. The van der Waals surface area contributed by atoms with Gasteiger partial charge in [-0.3, -0.25) is 0 Å². The maximum absolute atomic E-state index is 12.9. The molecule has 0 bridgehead atoms. The van der Waals surface area contributed by atoms with Crippen molar-refractivity contribution >= 4 is 37.3 Å². The van der Waals surface area contributed by atoms with E-state index in [0.717, 1.165) is 6.26 Å². The van der Waals surface area contributed by atoms with Crippen molar-refractivity contribution in [2.24, 2.45) is 0 Å². The van der Waals surface area contributed by atoms with Crippen molar-refractivity contribution in [3.63, 3.8) is 0 Å². The highest BCUT2D eigenvalue weighted by atomic mass is 35.5. The Hall–Kier alpha value is -2.97. The zero-order chi connectivity index (χ0) is 24.5. The van der Waals surface area contributed by atoms with Gasteiger partial charge in [0.1, 0.15) is 11.9 Å². The van der Waals surface area contributed by atoms with E-state index in [4.69, 9.17) is 11.6 Å². The normalized spacial score (nSPS) is 15.1. The Balaban J connectivity index is 1.69. The molecule has 1 aromatic heterocycles. The molecule has 8 nitrogen and oxygen atoms in total. The lowest BCUT2D eigenvalue weighted by atomic mass is 10.1. The SMILES string of the molecule is CS(=O)(=O)c1cc(C#N)c(N2CCN(S(=O)(=O)c3ccccc3)CC2)nc1-c1ccc(Cl)cc1. The van der Waals surface area contributed by atoms with E-state index in [1.54, 1.807) is 59.5 Å². The van der Waals surface area contributed by atoms with Gasteiger partial charge in [-0.2, -0.15) is 9.57 Å². The zero-order valence-electron chi connectivity index (χ0n) is 18.2. The van der Waals surface area contributed by atoms with Crippen LogP contribution in [0.3, 0.4) is 0 Å². The molecule has 176 valence electrons. The van der Waals surface area contributed by atoms with Gasteiger partial charge in [0.15, 0.2) is 9.84 Å². The summed E-state index contributed by atoms with van der Waals surface area (Å²) in [6.45, 7) is 1.000. The Morgan fingerprint density at radius 1 is 0.941 bits per heavy atom. The summed E-state index contributed by atoms with van der Waals surface area (Å²) in [6, 6.07) is 18.2. The number of nitriles is 1. The fourth-order valence-electron chi connectivity index (χ4n) is 3.79. The number of aromatic nitrogens is 1. The molecule has 0 amide bonds. The van der Waals surface area contributed by atoms with E-state index in [1.807, 2.05) is 6.07 Å². The molecule has 2 heterocycles. The number of benzene rings is 2. The van der Waals surface area contributed by atoms with Gasteiger partial charge in [-0.25, -0.2) is 21.8 Å². The molecule has 0 spiro atoms. The van der Waals surface area contributed by atoms with Crippen LogP contribution in [0.15, 0.2) is 70.5 Å². The van der Waals surface area contributed by atoms with Gasteiger partial charge in [0, 0.05) is 43.0 Å². The molecule has 0 aliphatic carbocycles. The standard InChI is InChI=1S/C23H21ClN4O4S2/c1-33(29,30)21-15-18(16-25)23(26-22(21)17-7-9-19(24)10-8-17)27-11-13-28(14-12-27)34(31,32)20-5-3-2-4-6-20/h2-10,15H,11-14H2,1H3. The molecule has 1 fully saturated rings. The van der Waals surface area contributed by atoms with E-state index in [0.29, 0.717) is 29.5 Å². The summed E-state index contributed by atoms with van der Waals surface area (Å²) in [5, 5.41) is 10.2. The molecule has 0 saturated carbocycles. The predicted molar refractivity (Wildman–Crippen MR) is 130 cm³/mol. The summed E-state index contributed by atoms with van der Waals surface area (Å²) >= 11 is 5.98. The number of halogens is 1. The first-order valence-corrected chi connectivity index (χ1v) is 14.0. The van der Waals surface area contributed by atoms with Gasteiger partial charge >= 0.3 is 0 Å². The molecular formula is C23H21ClN4O4S2. The second-order valence-electron chi connectivity index (χ2n) is 7.80. The second-order valence-corrected chi connectivity index (χ2v) is 12.2. The van der Waals surface area contributed by atoms with Gasteiger partial charge in [0.05, 0.1) is 21.0 Å². The van der Waals surface area contributed by atoms with Crippen molar-refractivity contribution in [2.75, 3.05) is 37.3 Å². The molecule has 1 aliphatic rings. The molecule has 0 atom stereocenters. The number of sulfone groups is 1. The minimum Gasteiger partial charge on any atom is -0.353 e. The van der Waals surface area contributed by atoms with Crippen molar-refractivity contribution in [2.45, 2.75) is 9.79 Å². The highest BCUT2D eigenvalue weighted by Gasteiger charge is 2.30. The number of pyridine rings is 1. The molecule has 0 N–H and O–H groups in total. The first-order chi connectivity index (χ1) is 16.1. The lowest BCUT2D eigenvalue weighted by Gasteiger charge is -2.35. The zero-order valence-corrected chi connectivity index (χ0v) is 20.6. The van der Waals surface area contributed by atoms with Gasteiger partial charge in [0.25, 0.3) is 0 Å². The lowest BCUT2D eigenvalue weighted by molar-refractivity contribution is 0.383. The van der Waals surface area contributed by atoms with Crippen LogP contribution in [-0.2, 0) is 19.9 Å². The van der Waals surface area contributed by atoms with Crippen LogP contribution in [-0.4, -0.2) is 58.6 Å². The van der Waals surface area contributed by atoms with E-state index in [9.17, 15) is 22.1 Å². The van der Waals surface area contributed by atoms with Crippen LogP contribution >= 0.6 is 11.6 Å². The van der Waals surface area contributed by atoms with Gasteiger partial charge < -0.3 is 4.90 Å². The maximum atomic E-state index is 12.9. The third-order valence-corrected chi connectivity index (χ3v) is 8.80. The number of piperazine rings is 1. The Bertz CT molecular complexity index is 1460. The van der Waals surface area contributed by atoms with Crippen molar-refractivity contribution in [3.8, 4) is 17.3 Å². The Morgan fingerprint density at radius 2 is 1.56 bits per heavy atom. The van der Waals surface area contributed by atoms with Crippen LogP contribution in [0.5, 0.6) is 0 Å². The van der Waals surface area contributed by atoms with Crippen LogP contribution in [0, 0.1) is 11.3 Å². The van der Waals surface area contributed by atoms with Crippen molar-refractivity contribution in [1.29, 1.82) is 5.26 Å². The summed E-state index contributed by atoms with van der Waals surface area (Å²) in [7, 11) is -7.32. The number of nitrogens with zero attached hydrogens (tertiary/aromatic N) is 4. The predicted octanol–water partition coefficient (Wildman–Crippen LogP) is 3.19. The number of hydrogen-bond donors (Lipinski definition) is 0. The van der Waals surface area contributed by atoms with E-state index in [1.165, 1.54) is 10.4 Å². The largest absolute Gasteiger partial charge is 0.353 e. The second kappa shape index (κ2) is 9.35. The fourth-order valence-corrected chi connectivity index (χ4v) is 6.20. The van der Waals surface area contributed by atoms with E-state index >= 15 is 0 Å². The molecule has 1 aliphatic heterocycles. The minimum atomic E-state index is -3.68. The first kappa shape index (κ1) is 24.2. The summed E-state index contributed by atoms with van der Waals surface area (Å²) in [4.78, 5) is 6.57. The Kier molecular flexibility index (Phi) is 6.64. The number of hydrogen-bond acceptors (Lipinski definition) is 7. The van der Waals surface area contributed by atoms with Crippen LogP contribution in [0.4, 0.5) is 5.82 Å². The fraction of sp³-hybridized carbons (Fsp3) is 0.217. The number of rotatable bonds is 5. The molecule has 4 rings (SSSR count). The average molecular weight is 517 g/mol. The summed E-state index contributed by atoms with van der Waals surface area (Å²) < 4.78 is 52.2. The summed E-state index contributed by atoms with van der Waals surface area (Å²) in [5.41, 5.74) is 0.867. The van der Waals surface area contributed by atoms with Gasteiger partial charge in [0.2, 0.25) is 10.0 Å². The van der Waals surface area contributed by atoms with Crippen molar-refractivity contribution in [3.05, 3.63) is 71.2 Å². The van der Waals surface area contributed by atoms with Crippen molar-refractivity contribution in [1.82, 2.24) is 9.29 Å². The number of sulfonamides is 1. The highest BCUT2D eigenvalue weighted by Crippen LogP contribution is 2.32. The monoisotopic (exact) mass is 516 g/mol. The average Bonchev–Trinajstić information content (AvgIpc) is 2.84. The topological polar surface area (TPSA) is 111 Å². The van der Waals surface area contributed by atoms with E-state index in [2.05, 4.69) is 4.98 Å². The quantitative estimate of drug-likeness (QED) is 0.512. The summed E-state index contributed by atoms with van der Waals surface area (Å²) in [5.74, 6) is 0.316. The maximum Gasteiger partial charge on any atom is 0.243 e. The molecule has 2 aromatic carbocycles. The van der Waals surface area contributed by atoms with Gasteiger partial charge in [-0.05, 0) is 30.3 Å². The van der Waals surface area contributed by atoms with Crippen molar-refractivity contribution < 1.29 is 16.8 Å². The third kappa shape index (κ3) is 4.79. The first-order valence-electron chi connectivity index (χ1n) is 10.3. The molecule has 3 aromatic rings. The molecule has 0 unspecified atom stereocenters. The van der Waals surface area contributed by atoms with Gasteiger partial charge in [-0.15, -0.1) is 0 Å². The lowest BCUT2D eigenvalue weighted by Crippen LogP contribution is -2.49. The van der Waals surface area contributed by atoms with Crippen LogP contribution in [0.2, 0.25) is 5.02 Å². The molecule has 1 saturated heterocycles. The Labute approximate surface area is 204 Å². The Morgan fingerprint density at radius 3 is 2.12 bits per heavy atom. The van der Waals surface area contributed by atoms with E-state index in [-0.39, 0.29) is 34.1 Å². The van der Waals surface area contributed by atoms with Gasteiger partial charge in [-0.1, -0.05) is 41.9 Å². The highest BCUT2D eigenvalue weighted by molar-refractivity contribution is 7.90. The molecular weight excluding hydrogens is 496 g/mol. The summed E-state index contributed by atoms with van der Waals surface area (Å²) in [6.07, 6.45) is 1.07. The smallest absolute Gasteiger partial charge is 0.243 e. The molecule has 34 heavy (non-hydrogen) atoms. The van der Waals surface area contributed by atoms with Crippen LogP contribution in [0.1, 0.15) is 5.56 Å². The van der Waals surface area contributed by atoms with Crippen LogP contribution in [0.25, 0.3) is 11.3 Å².